The fraction of sp³-hybridized carbons (Fsp3) is 0.833. The number of carboxylic acids is 1. The van der Waals surface area contributed by atoms with E-state index >= 15 is 0 Å². The van der Waals surface area contributed by atoms with E-state index in [1.54, 1.807) is 20.8 Å². The third-order valence-electron chi connectivity index (χ3n) is 2.83. The number of hydrogen-bond donors (Lipinski definition) is 1. The second kappa shape index (κ2) is 5.30. The van der Waals surface area contributed by atoms with Crippen molar-refractivity contribution in [3.05, 3.63) is 0 Å². The van der Waals surface area contributed by atoms with Crippen molar-refractivity contribution in [2.24, 2.45) is 5.92 Å². The third kappa shape index (κ3) is 4.65. The summed E-state index contributed by atoms with van der Waals surface area (Å²) in [6.07, 6.45) is -1.88. The van der Waals surface area contributed by atoms with Crippen molar-refractivity contribution in [2.75, 3.05) is 13.1 Å². The van der Waals surface area contributed by atoms with Crippen LogP contribution in [0.4, 0.5) is 13.6 Å². The van der Waals surface area contributed by atoms with Gasteiger partial charge in [0.25, 0.3) is 5.92 Å². The number of likely N-dealkylation sites (tertiary alicyclic amines) is 1. The first-order valence-electron chi connectivity index (χ1n) is 6.09. The summed E-state index contributed by atoms with van der Waals surface area (Å²) in [6, 6.07) is 0. The van der Waals surface area contributed by atoms with Crippen LogP contribution in [-0.4, -0.2) is 46.7 Å². The van der Waals surface area contributed by atoms with Crippen LogP contribution in [-0.2, 0) is 9.53 Å². The highest BCUT2D eigenvalue weighted by molar-refractivity contribution is 5.69. The van der Waals surface area contributed by atoms with Crippen LogP contribution in [0.25, 0.3) is 0 Å². The van der Waals surface area contributed by atoms with E-state index in [0.717, 1.165) is 4.90 Å². The second-order valence-electron chi connectivity index (χ2n) is 5.73. The molecule has 5 nitrogen and oxygen atoms in total. The number of hydrogen-bond acceptors (Lipinski definition) is 3. The molecule has 0 unspecified atom stereocenters. The summed E-state index contributed by atoms with van der Waals surface area (Å²) in [5.41, 5.74) is -0.709. The fourth-order valence-corrected chi connectivity index (χ4v) is 1.90. The predicted molar refractivity (Wildman–Crippen MR) is 63.1 cm³/mol. The lowest BCUT2D eigenvalue weighted by atomic mass is 9.91. The molecule has 1 fully saturated rings. The summed E-state index contributed by atoms with van der Waals surface area (Å²) in [5, 5.41) is 8.64. The Bertz CT molecular complexity index is 365. The number of amides is 1. The zero-order valence-corrected chi connectivity index (χ0v) is 11.3. The van der Waals surface area contributed by atoms with E-state index in [1.807, 2.05) is 0 Å². The Balaban J connectivity index is 2.70. The molecule has 7 heteroatoms. The van der Waals surface area contributed by atoms with Gasteiger partial charge in [0.05, 0.1) is 12.3 Å². The molecule has 1 saturated heterocycles. The summed E-state index contributed by atoms with van der Waals surface area (Å²) < 4.78 is 32.2. The van der Waals surface area contributed by atoms with Gasteiger partial charge in [0, 0.05) is 19.5 Å². The maximum absolute atomic E-state index is 13.6. The second-order valence-corrected chi connectivity index (χ2v) is 5.73. The maximum atomic E-state index is 13.6. The van der Waals surface area contributed by atoms with E-state index in [-0.39, 0.29) is 13.1 Å². The number of aliphatic carboxylic acids is 1. The fourth-order valence-electron chi connectivity index (χ4n) is 1.90. The largest absolute Gasteiger partial charge is 0.481 e. The molecular formula is C12H19F2NO4. The Morgan fingerprint density at radius 3 is 2.47 bits per heavy atom. The van der Waals surface area contributed by atoms with Crippen molar-refractivity contribution in [2.45, 2.75) is 45.1 Å². The van der Waals surface area contributed by atoms with Gasteiger partial charge in [0.2, 0.25) is 0 Å². The van der Waals surface area contributed by atoms with Gasteiger partial charge in [-0.05, 0) is 20.8 Å². The van der Waals surface area contributed by atoms with E-state index in [2.05, 4.69) is 0 Å². The lowest BCUT2D eigenvalue weighted by Gasteiger charge is -2.38. The average molecular weight is 279 g/mol. The van der Waals surface area contributed by atoms with Crippen LogP contribution < -0.4 is 0 Å². The number of halogens is 2. The summed E-state index contributed by atoms with van der Waals surface area (Å²) in [4.78, 5) is 23.5. The van der Waals surface area contributed by atoms with Crippen LogP contribution in [0.2, 0.25) is 0 Å². The van der Waals surface area contributed by atoms with Gasteiger partial charge < -0.3 is 14.7 Å². The van der Waals surface area contributed by atoms with Crippen LogP contribution in [0.15, 0.2) is 0 Å². The van der Waals surface area contributed by atoms with Gasteiger partial charge in [0.15, 0.2) is 0 Å². The predicted octanol–water partition coefficient (Wildman–Crippen LogP) is 2.35. The molecule has 0 radical (unpaired) electrons. The first kappa shape index (κ1) is 15.7. The smallest absolute Gasteiger partial charge is 0.410 e. The van der Waals surface area contributed by atoms with Crippen molar-refractivity contribution in [3.8, 4) is 0 Å². The van der Waals surface area contributed by atoms with Crippen LogP contribution in [0.1, 0.15) is 33.6 Å². The average Bonchev–Trinajstić information content (AvgIpc) is 2.17. The standard InChI is InChI=1S/C12H19F2NO4/c1-11(2,3)19-10(18)15-5-4-12(13,14)8(7-15)6-9(16)17/h8H,4-7H2,1-3H3,(H,16,17)/t8-/m1/s1. The molecule has 0 aromatic heterocycles. The van der Waals surface area contributed by atoms with Gasteiger partial charge in [-0.25, -0.2) is 13.6 Å². The molecule has 1 aliphatic rings. The molecule has 1 rings (SSSR count). The Labute approximate surface area is 110 Å². The third-order valence-corrected chi connectivity index (χ3v) is 2.83. The lowest BCUT2D eigenvalue weighted by molar-refractivity contribution is -0.148. The number of alkyl halides is 2. The molecule has 0 bridgehead atoms. The molecule has 0 aliphatic carbocycles. The van der Waals surface area contributed by atoms with Crippen LogP contribution in [0.5, 0.6) is 0 Å². The number of carboxylic acid groups (broad SMARTS) is 1. The highest BCUT2D eigenvalue weighted by Crippen LogP contribution is 2.35. The molecule has 1 heterocycles. The van der Waals surface area contributed by atoms with E-state index in [0.29, 0.717) is 0 Å². The molecule has 0 spiro atoms. The molecular weight excluding hydrogens is 260 g/mol. The highest BCUT2D eigenvalue weighted by Gasteiger charge is 2.46. The number of rotatable bonds is 2. The Morgan fingerprint density at radius 2 is 2.00 bits per heavy atom. The zero-order valence-electron chi connectivity index (χ0n) is 11.3. The minimum atomic E-state index is -3.06. The van der Waals surface area contributed by atoms with Crippen LogP contribution in [0, 0.1) is 5.92 Å². The van der Waals surface area contributed by atoms with Crippen LogP contribution >= 0.6 is 0 Å². The molecule has 1 atom stereocenters. The highest BCUT2D eigenvalue weighted by atomic mass is 19.3. The minimum absolute atomic E-state index is 0.127. The van der Waals surface area contributed by atoms with Gasteiger partial charge in [-0.15, -0.1) is 0 Å². The summed E-state index contributed by atoms with van der Waals surface area (Å²) in [7, 11) is 0. The van der Waals surface area contributed by atoms with Gasteiger partial charge in [-0.2, -0.15) is 0 Å². The molecule has 19 heavy (non-hydrogen) atoms. The molecule has 110 valence electrons. The topological polar surface area (TPSA) is 66.8 Å². The molecule has 0 aromatic carbocycles. The Morgan fingerprint density at radius 1 is 1.42 bits per heavy atom. The first-order valence-corrected chi connectivity index (χ1v) is 6.09. The van der Waals surface area contributed by atoms with Gasteiger partial charge in [-0.3, -0.25) is 4.79 Å². The normalized spacial score (nSPS) is 23.0. The van der Waals surface area contributed by atoms with Gasteiger partial charge >= 0.3 is 12.1 Å². The SMILES string of the molecule is CC(C)(C)OC(=O)N1CCC(F)(F)[C@H](CC(=O)O)C1. The first-order chi connectivity index (χ1) is 8.51. The zero-order chi connectivity index (χ0) is 14.8. The minimum Gasteiger partial charge on any atom is -0.481 e. The summed E-state index contributed by atoms with van der Waals surface area (Å²) in [5.74, 6) is -5.72. The van der Waals surface area contributed by atoms with Crippen molar-refractivity contribution in [3.63, 3.8) is 0 Å². The van der Waals surface area contributed by atoms with E-state index in [9.17, 15) is 18.4 Å². The molecule has 0 aromatic rings. The quantitative estimate of drug-likeness (QED) is 0.842. The van der Waals surface area contributed by atoms with Crippen molar-refractivity contribution in [1.29, 1.82) is 0 Å². The molecule has 1 N–H and O–H groups in total. The van der Waals surface area contributed by atoms with Crippen molar-refractivity contribution in [1.82, 2.24) is 4.90 Å². The number of nitrogens with zero attached hydrogens (tertiary/aromatic N) is 1. The van der Waals surface area contributed by atoms with Crippen molar-refractivity contribution < 1.29 is 28.2 Å². The number of carbonyl (C=O) groups is 2. The monoisotopic (exact) mass is 279 g/mol. The van der Waals surface area contributed by atoms with Crippen LogP contribution in [0.3, 0.4) is 0 Å². The van der Waals surface area contributed by atoms with E-state index < -0.39 is 42.3 Å². The molecule has 1 aliphatic heterocycles. The Hall–Kier alpha value is -1.40. The van der Waals surface area contributed by atoms with Gasteiger partial charge in [0.1, 0.15) is 5.60 Å². The lowest BCUT2D eigenvalue weighted by Crippen LogP contribution is -2.51. The Kier molecular flexibility index (Phi) is 4.37. The molecule has 0 saturated carbocycles. The number of ether oxygens (including phenoxy) is 1. The maximum Gasteiger partial charge on any atom is 0.410 e. The number of piperidine rings is 1. The van der Waals surface area contributed by atoms with Crippen molar-refractivity contribution >= 4 is 12.1 Å². The van der Waals surface area contributed by atoms with E-state index in [1.165, 1.54) is 0 Å². The van der Waals surface area contributed by atoms with Gasteiger partial charge in [-0.1, -0.05) is 0 Å². The van der Waals surface area contributed by atoms with E-state index in [4.69, 9.17) is 9.84 Å². The summed E-state index contributed by atoms with van der Waals surface area (Å²) in [6.45, 7) is 4.61. The molecule has 1 amide bonds. The summed E-state index contributed by atoms with van der Waals surface area (Å²) >= 11 is 0. The number of carbonyl (C=O) groups excluding carboxylic acids is 1.